The summed E-state index contributed by atoms with van der Waals surface area (Å²) < 4.78 is 5.96. The van der Waals surface area contributed by atoms with Crippen molar-refractivity contribution in [1.82, 2.24) is 14.8 Å². The highest BCUT2D eigenvalue weighted by molar-refractivity contribution is 7.95. The SMILES string of the molecule is C1NCNSN1. The van der Waals surface area contributed by atoms with Crippen molar-refractivity contribution in [2.45, 2.75) is 0 Å². The van der Waals surface area contributed by atoms with Gasteiger partial charge in [-0.3, -0.25) is 5.32 Å². The van der Waals surface area contributed by atoms with Crippen molar-refractivity contribution in [1.29, 1.82) is 0 Å². The standard InChI is InChI=1S/C2H7N3S/c1-3-2-5-6-4-1/h3-5H,1-2H2. The molecule has 1 fully saturated rings. The van der Waals surface area contributed by atoms with Crippen LogP contribution in [-0.4, -0.2) is 13.3 Å². The van der Waals surface area contributed by atoms with Crippen molar-refractivity contribution in [3.05, 3.63) is 0 Å². The summed E-state index contributed by atoms with van der Waals surface area (Å²) in [7, 11) is 0. The highest BCUT2D eigenvalue weighted by Crippen LogP contribution is 1.82. The highest BCUT2D eigenvalue weighted by Gasteiger charge is 1.90. The Morgan fingerprint density at radius 2 is 1.83 bits per heavy atom. The van der Waals surface area contributed by atoms with E-state index in [-0.39, 0.29) is 0 Å². The lowest BCUT2D eigenvalue weighted by molar-refractivity contribution is 0.643. The minimum absolute atomic E-state index is 0.900. The number of rotatable bonds is 0. The lowest BCUT2D eigenvalue weighted by Crippen LogP contribution is -2.38. The number of hydrogen-bond acceptors (Lipinski definition) is 4. The predicted molar refractivity (Wildman–Crippen MR) is 26.7 cm³/mol. The van der Waals surface area contributed by atoms with Crippen molar-refractivity contribution in [3.63, 3.8) is 0 Å². The van der Waals surface area contributed by atoms with Gasteiger partial charge in [-0.1, -0.05) is 0 Å². The summed E-state index contributed by atoms with van der Waals surface area (Å²) in [6.07, 6.45) is 0. The fourth-order valence-electron chi connectivity index (χ4n) is 0.288. The fourth-order valence-corrected chi connectivity index (χ4v) is 0.738. The monoisotopic (exact) mass is 105 g/mol. The predicted octanol–water partition coefficient (Wildman–Crippen LogP) is -0.753. The van der Waals surface area contributed by atoms with Crippen LogP contribution in [0.3, 0.4) is 0 Å². The van der Waals surface area contributed by atoms with Gasteiger partial charge < -0.3 is 0 Å². The molecule has 0 aromatic rings. The first-order valence-electron chi connectivity index (χ1n) is 1.82. The first-order valence-corrected chi connectivity index (χ1v) is 2.64. The van der Waals surface area contributed by atoms with Crippen LogP contribution in [0.4, 0.5) is 0 Å². The molecule has 0 saturated carbocycles. The summed E-state index contributed by atoms with van der Waals surface area (Å²) in [5.74, 6) is 0. The zero-order valence-electron chi connectivity index (χ0n) is 3.32. The Morgan fingerprint density at radius 1 is 1.17 bits per heavy atom. The number of nitrogens with one attached hydrogen (secondary N) is 3. The van der Waals surface area contributed by atoms with Gasteiger partial charge in [0, 0.05) is 12.1 Å². The molecule has 1 saturated heterocycles. The van der Waals surface area contributed by atoms with E-state index >= 15 is 0 Å². The maximum absolute atomic E-state index is 3.04. The third-order valence-electron chi connectivity index (χ3n) is 0.539. The minimum atomic E-state index is 0.900. The van der Waals surface area contributed by atoms with Gasteiger partial charge in [0.05, 0.1) is 13.3 Å². The second kappa shape index (κ2) is 2.41. The fraction of sp³-hybridized carbons (Fsp3) is 1.00. The second-order valence-electron chi connectivity index (χ2n) is 0.994. The topological polar surface area (TPSA) is 36.1 Å². The van der Waals surface area contributed by atoms with Gasteiger partial charge >= 0.3 is 0 Å². The van der Waals surface area contributed by atoms with Crippen LogP contribution in [0.1, 0.15) is 0 Å². The Hall–Kier alpha value is 0.230. The third-order valence-corrected chi connectivity index (χ3v) is 1.12. The second-order valence-corrected chi connectivity index (χ2v) is 1.78. The largest absolute Gasteiger partial charge is 0.290 e. The molecular formula is C2H7N3S. The van der Waals surface area contributed by atoms with Gasteiger partial charge in [-0.15, -0.1) is 0 Å². The van der Waals surface area contributed by atoms with E-state index in [0.717, 1.165) is 13.3 Å². The summed E-state index contributed by atoms with van der Waals surface area (Å²) in [6.45, 7) is 1.80. The smallest absolute Gasteiger partial charge is 0.0574 e. The van der Waals surface area contributed by atoms with Crippen LogP contribution >= 0.6 is 12.1 Å². The van der Waals surface area contributed by atoms with Crippen LogP contribution < -0.4 is 14.8 Å². The summed E-state index contributed by atoms with van der Waals surface area (Å²) in [5, 5.41) is 3.04. The molecule has 6 heavy (non-hydrogen) atoms. The molecule has 3 N–H and O–H groups in total. The molecule has 4 heteroatoms. The summed E-state index contributed by atoms with van der Waals surface area (Å²) >= 11 is 1.53. The molecule has 36 valence electrons. The molecule has 3 nitrogen and oxygen atoms in total. The average Bonchev–Trinajstić information content (AvgIpc) is 1.72. The Balaban J connectivity index is 2.00. The maximum atomic E-state index is 3.04. The number of hydrogen-bond donors (Lipinski definition) is 3. The van der Waals surface area contributed by atoms with Crippen LogP contribution in [0.5, 0.6) is 0 Å². The van der Waals surface area contributed by atoms with Gasteiger partial charge in [0.15, 0.2) is 0 Å². The molecule has 0 spiro atoms. The molecule has 0 atom stereocenters. The van der Waals surface area contributed by atoms with E-state index < -0.39 is 0 Å². The average molecular weight is 105 g/mol. The minimum Gasteiger partial charge on any atom is -0.290 e. The molecular weight excluding hydrogens is 98.1 g/mol. The molecule has 0 unspecified atom stereocenters. The summed E-state index contributed by atoms with van der Waals surface area (Å²) in [5.41, 5.74) is 0. The molecule has 0 radical (unpaired) electrons. The van der Waals surface area contributed by atoms with Gasteiger partial charge in [-0.25, -0.2) is 9.44 Å². The van der Waals surface area contributed by atoms with Crippen molar-refractivity contribution >= 4 is 12.1 Å². The molecule has 1 aliphatic heterocycles. The lowest BCUT2D eigenvalue weighted by atomic mass is 11.0. The van der Waals surface area contributed by atoms with Crippen molar-refractivity contribution < 1.29 is 0 Å². The van der Waals surface area contributed by atoms with Crippen LogP contribution in [0.2, 0.25) is 0 Å². The Morgan fingerprint density at radius 3 is 2.00 bits per heavy atom. The normalized spacial score (nSPS) is 24.0. The molecule has 0 aromatic heterocycles. The van der Waals surface area contributed by atoms with E-state index in [1.807, 2.05) is 0 Å². The van der Waals surface area contributed by atoms with Crippen molar-refractivity contribution in [2.24, 2.45) is 0 Å². The molecule has 0 aromatic carbocycles. The summed E-state index contributed by atoms with van der Waals surface area (Å²) in [4.78, 5) is 0. The molecule has 1 heterocycles. The van der Waals surface area contributed by atoms with Crippen LogP contribution in [0.25, 0.3) is 0 Å². The Bertz CT molecular complexity index is 24.3. The van der Waals surface area contributed by atoms with E-state index in [4.69, 9.17) is 0 Å². The molecule has 0 bridgehead atoms. The zero-order chi connectivity index (χ0) is 4.24. The molecule has 1 aliphatic rings. The first kappa shape index (κ1) is 4.39. The van der Waals surface area contributed by atoms with Gasteiger partial charge in [0.2, 0.25) is 0 Å². The Kier molecular flexibility index (Phi) is 1.76. The van der Waals surface area contributed by atoms with Crippen molar-refractivity contribution in [3.8, 4) is 0 Å². The lowest BCUT2D eigenvalue weighted by Gasteiger charge is -2.11. The van der Waals surface area contributed by atoms with Gasteiger partial charge in [-0.05, 0) is 0 Å². The van der Waals surface area contributed by atoms with E-state index in [1.54, 1.807) is 0 Å². The van der Waals surface area contributed by atoms with E-state index in [9.17, 15) is 0 Å². The highest BCUT2D eigenvalue weighted by atomic mass is 32.2. The van der Waals surface area contributed by atoms with E-state index in [2.05, 4.69) is 14.8 Å². The van der Waals surface area contributed by atoms with Gasteiger partial charge in [0.1, 0.15) is 0 Å². The van der Waals surface area contributed by atoms with Crippen LogP contribution in [0.15, 0.2) is 0 Å². The molecule has 0 aliphatic carbocycles. The van der Waals surface area contributed by atoms with E-state index in [1.165, 1.54) is 12.1 Å². The van der Waals surface area contributed by atoms with E-state index in [0.29, 0.717) is 0 Å². The van der Waals surface area contributed by atoms with Gasteiger partial charge in [0.25, 0.3) is 0 Å². The third kappa shape index (κ3) is 1.14. The molecule has 0 amide bonds. The van der Waals surface area contributed by atoms with Crippen LogP contribution in [0, 0.1) is 0 Å². The maximum Gasteiger partial charge on any atom is 0.0574 e. The quantitative estimate of drug-likeness (QED) is 0.354. The van der Waals surface area contributed by atoms with Gasteiger partial charge in [-0.2, -0.15) is 0 Å². The zero-order valence-corrected chi connectivity index (χ0v) is 4.14. The van der Waals surface area contributed by atoms with Crippen LogP contribution in [-0.2, 0) is 0 Å². The Labute approximate surface area is 41.1 Å². The first-order chi connectivity index (χ1) is 3.00. The summed E-state index contributed by atoms with van der Waals surface area (Å²) in [6, 6.07) is 0. The molecule has 1 rings (SSSR count). The van der Waals surface area contributed by atoms with Crippen molar-refractivity contribution in [2.75, 3.05) is 13.3 Å².